The Morgan fingerprint density at radius 1 is 1.14 bits per heavy atom. The Bertz CT molecular complexity index is 556. The molecule has 1 aromatic rings. The van der Waals surface area contributed by atoms with Gasteiger partial charge in [0.1, 0.15) is 17.3 Å². The SMILES string of the molecule is CC(C)(C)c1cnc(O[C@@H]2CO[C@]3(C)[C@H](O)CO[C@]23C)nc1. The van der Waals surface area contributed by atoms with Gasteiger partial charge in [0.15, 0.2) is 6.10 Å². The van der Waals surface area contributed by atoms with Gasteiger partial charge in [0.25, 0.3) is 0 Å². The Kier molecular flexibility index (Phi) is 3.47. The summed E-state index contributed by atoms with van der Waals surface area (Å²) in [5, 5.41) is 10.1. The van der Waals surface area contributed by atoms with Gasteiger partial charge in [-0.15, -0.1) is 0 Å². The van der Waals surface area contributed by atoms with Crippen molar-refractivity contribution in [3.8, 4) is 6.01 Å². The second-order valence-electron chi connectivity index (χ2n) is 7.46. The van der Waals surface area contributed by atoms with E-state index in [9.17, 15) is 5.11 Å². The second-order valence-corrected chi connectivity index (χ2v) is 7.46. The molecule has 2 aliphatic rings. The first-order valence-corrected chi connectivity index (χ1v) is 7.62. The van der Waals surface area contributed by atoms with Crippen molar-refractivity contribution in [2.24, 2.45) is 0 Å². The Morgan fingerprint density at radius 3 is 2.32 bits per heavy atom. The van der Waals surface area contributed by atoms with Crippen molar-refractivity contribution >= 4 is 0 Å². The van der Waals surface area contributed by atoms with Crippen molar-refractivity contribution < 1.29 is 19.3 Å². The summed E-state index contributed by atoms with van der Waals surface area (Å²) >= 11 is 0. The van der Waals surface area contributed by atoms with Gasteiger partial charge in [-0.1, -0.05) is 20.8 Å². The van der Waals surface area contributed by atoms with Crippen molar-refractivity contribution in [1.29, 1.82) is 0 Å². The third-order valence-corrected chi connectivity index (χ3v) is 5.05. The van der Waals surface area contributed by atoms with Crippen LogP contribution < -0.4 is 4.74 Å². The van der Waals surface area contributed by atoms with E-state index in [1.165, 1.54) is 0 Å². The number of ether oxygens (including phenoxy) is 3. The highest BCUT2D eigenvalue weighted by molar-refractivity contribution is 5.19. The molecule has 122 valence electrons. The van der Waals surface area contributed by atoms with E-state index in [4.69, 9.17) is 14.2 Å². The van der Waals surface area contributed by atoms with E-state index in [1.54, 1.807) is 12.4 Å². The van der Waals surface area contributed by atoms with Gasteiger partial charge in [-0.3, -0.25) is 0 Å². The summed E-state index contributed by atoms with van der Waals surface area (Å²) in [5.74, 6) is 0. The third kappa shape index (κ3) is 2.21. The number of aliphatic hydroxyl groups is 1. The molecule has 0 amide bonds. The standard InChI is InChI=1S/C16H24N2O4/c1-14(2,3)10-6-17-13(18-7-10)22-12-9-21-15(4)11(19)8-20-16(12,15)5/h6-7,11-12,19H,8-9H2,1-5H3/t11-,12-,15-,16-/m1/s1. The van der Waals surface area contributed by atoms with Gasteiger partial charge in [-0.25, -0.2) is 9.97 Å². The minimum atomic E-state index is -0.761. The lowest BCUT2D eigenvalue weighted by molar-refractivity contribution is -0.104. The molecule has 3 heterocycles. The molecule has 0 saturated carbocycles. The average Bonchev–Trinajstić information content (AvgIpc) is 2.83. The van der Waals surface area contributed by atoms with Crippen LogP contribution in [-0.2, 0) is 14.9 Å². The summed E-state index contributed by atoms with van der Waals surface area (Å²) in [6, 6.07) is 0.303. The molecule has 2 aliphatic heterocycles. The van der Waals surface area contributed by atoms with E-state index in [1.807, 2.05) is 13.8 Å². The highest BCUT2D eigenvalue weighted by Crippen LogP contribution is 2.47. The molecule has 0 bridgehead atoms. The normalized spacial score (nSPS) is 38.1. The predicted octanol–water partition coefficient (Wildman–Crippen LogP) is 1.46. The first-order chi connectivity index (χ1) is 10.2. The van der Waals surface area contributed by atoms with Gasteiger partial charge in [-0.2, -0.15) is 0 Å². The molecule has 0 unspecified atom stereocenters. The molecule has 4 atom stereocenters. The van der Waals surface area contributed by atoms with Gasteiger partial charge in [0, 0.05) is 12.4 Å². The van der Waals surface area contributed by atoms with Crippen LogP contribution in [0.4, 0.5) is 0 Å². The van der Waals surface area contributed by atoms with E-state index in [0.29, 0.717) is 12.6 Å². The lowest BCUT2D eigenvalue weighted by Gasteiger charge is -2.35. The lowest BCUT2D eigenvalue weighted by Crippen LogP contribution is -2.54. The van der Waals surface area contributed by atoms with Crippen molar-refractivity contribution in [1.82, 2.24) is 9.97 Å². The Morgan fingerprint density at radius 2 is 1.73 bits per heavy atom. The van der Waals surface area contributed by atoms with Crippen LogP contribution in [0.25, 0.3) is 0 Å². The molecule has 0 radical (unpaired) electrons. The maximum Gasteiger partial charge on any atom is 0.316 e. The van der Waals surface area contributed by atoms with E-state index in [0.717, 1.165) is 5.56 Å². The maximum absolute atomic E-state index is 10.1. The summed E-state index contributed by atoms with van der Waals surface area (Å²) in [6.07, 6.45) is 2.55. The summed E-state index contributed by atoms with van der Waals surface area (Å²) in [6.45, 7) is 10.7. The summed E-state index contributed by atoms with van der Waals surface area (Å²) in [7, 11) is 0. The molecular weight excluding hydrogens is 284 g/mol. The number of rotatable bonds is 2. The summed E-state index contributed by atoms with van der Waals surface area (Å²) < 4.78 is 17.5. The van der Waals surface area contributed by atoms with E-state index in [2.05, 4.69) is 30.7 Å². The van der Waals surface area contributed by atoms with Gasteiger partial charge in [0.05, 0.1) is 13.2 Å². The van der Waals surface area contributed by atoms with Crippen LogP contribution in [0.2, 0.25) is 0 Å². The van der Waals surface area contributed by atoms with Crippen LogP contribution in [0.5, 0.6) is 6.01 Å². The first kappa shape index (κ1) is 15.6. The number of hydrogen-bond donors (Lipinski definition) is 1. The number of aliphatic hydroxyl groups excluding tert-OH is 1. The second kappa shape index (κ2) is 4.88. The minimum absolute atomic E-state index is 0.00176. The highest BCUT2D eigenvalue weighted by atomic mass is 16.6. The molecule has 2 saturated heterocycles. The topological polar surface area (TPSA) is 73.7 Å². The van der Waals surface area contributed by atoms with Crippen LogP contribution in [-0.4, -0.2) is 51.7 Å². The van der Waals surface area contributed by atoms with Crippen LogP contribution in [0.15, 0.2) is 12.4 Å². The number of aromatic nitrogens is 2. The number of fused-ring (bicyclic) bond motifs is 1. The number of hydrogen-bond acceptors (Lipinski definition) is 6. The Labute approximate surface area is 130 Å². The average molecular weight is 308 g/mol. The van der Waals surface area contributed by atoms with E-state index >= 15 is 0 Å². The van der Waals surface area contributed by atoms with E-state index in [-0.39, 0.29) is 18.1 Å². The summed E-state index contributed by atoms with van der Waals surface area (Å²) in [4.78, 5) is 8.58. The zero-order valence-corrected chi connectivity index (χ0v) is 13.8. The van der Waals surface area contributed by atoms with Gasteiger partial charge in [0.2, 0.25) is 0 Å². The van der Waals surface area contributed by atoms with Crippen molar-refractivity contribution in [3.05, 3.63) is 18.0 Å². The molecule has 0 aromatic carbocycles. The smallest absolute Gasteiger partial charge is 0.316 e. The molecule has 2 fully saturated rings. The van der Waals surface area contributed by atoms with Gasteiger partial charge >= 0.3 is 6.01 Å². The lowest BCUT2D eigenvalue weighted by atomic mass is 9.82. The highest BCUT2D eigenvalue weighted by Gasteiger charge is 2.66. The quantitative estimate of drug-likeness (QED) is 0.891. The van der Waals surface area contributed by atoms with Crippen LogP contribution in [0.3, 0.4) is 0 Å². The van der Waals surface area contributed by atoms with Crippen LogP contribution in [0, 0.1) is 0 Å². The van der Waals surface area contributed by atoms with Crippen LogP contribution in [0.1, 0.15) is 40.2 Å². The molecule has 6 heteroatoms. The van der Waals surface area contributed by atoms with Crippen molar-refractivity contribution in [3.63, 3.8) is 0 Å². The van der Waals surface area contributed by atoms with Crippen LogP contribution >= 0.6 is 0 Å². The fraction of sp³-hybridized carbons (Fsp3) is 0.750. The molecular formula is C16H24N2O4. The zero-order chi connectivity index (χ0) is 16.2. The molecule has 22 heavy (non-hydrogen) atoms. The fourth-order valence-electron chi connectivity index (χ4n) is 2.98. The Hall–Kier alpha value is -1.24. The monoisotopic (exact) mass is 308 g/mol. The van der Waals surface area contributed by atoms with Crippen molar-refractivity contribution in [2.75, 3.05) is 13.2 Å². The molecule has 3 rings (SSSR count). The largest absolute Gasteiger partial charge is 0.454 e. The molecule has 0 aliphatic carbocycles. The van der Waals surface area contributed by atoms with E-state index < -0.39 is 17.3 Å². The number of nitrogens with zero attached hydrogens (tertiary/aromatic N) is 2. The Balaban J connectivity index is 1.77. The first-order valence-electron chi connectivity index (χ1n) is 7.62. The van der Waals surface area contributed by atoms with Gasteiger partial charge in [-0.05, 0) is 24.8 Å². The molecule has 0 spiro atoms. The third-order valence-electron chi connectivity index (χ3n) is 5.05. The zero-order valence-electron chi connectivity index (χ0n) is 13.8. The minimum Gasteiger partial charge on any atom is -0.454 e. The molecule has 6 nitrogen and oxygen atoms in total. The predicted molar refractivity (Wildman–Crippen MR) is 79.9 cm³/mol. The van der Waals surface area contributed by atoms with Gasteiger partial charge < -0.3 is 19.3 Å². The summed E-state index contributed by atoms with van der Waals surface area (Å²) in [5.41, 5.74) is -0.425. The van der Waals surface area contributed by atoms with Crippen molar-refractivity contribution in [2.45, 2.75) is 63.4 Å². The molecule has 1 aromatic heterocycles. The molecule has 1 N–H and O–H groups in total. The maximum atomic E-state index is 10.1. The fourth-order valence-corrected chi connectivity index (χ4v) is 2.98.